The maximum Gasteiger partial charge on any atom is 0.307 e. The molecule has 0 aromatic carbocycles. The standard InChI is InChI=1S/C11H9NO2S2/c13-11(14)7-4-6(7)8-5-16-10(12-8)9-2-1-3-15-9/h1-3,5-7H,4H2,(H,13,14). The van der Waals surface area contributed by atoms with Gasteiger partial charge in [0.2, 0.25) is 0 Å². The van der Waals surface area contributed by atoms with Crippen LogP contribution in [0.2, 0.25) is 0 Å². The molecule has 3 rings (SSSR count). The summed E-state index contributed by atoms with van der Waals surface area (Å²) in [5, 5.41) is 13.9. The highest BCUT2D eigenvalue weighted by Gasteiger charge is 2.45. The molecule has 0 bridgehead atoms. The molecule has 16 heavy (non-hydrogen) atoms. The minimum Gasteiger partial charge on any atom is -0.481 e. The van der Waals surface area contributed by atoms with Gasteiger partial charge < -0.3 is 5.11 Å². The first-order chi connectivity index (χ1) is 7.75. The number of carboxylic acid groups (broad SMARTS) is 1. The van der Waals surface area contributed by atoms with Gasteiger partial charge in [0.25, 0.3) is 0 Å². The number of rotatable bonds is 3. The molecule has 1 N–H and O–H groups in total. The molecule has 0 amide bonds. The summed E-state index contributed by atoms with van der Waals surface area (Å²) in [6, 6.07) is 4.03. The van der Waals surface area contributed by atoms with Crippen molar-refractivity contribution in [1.82, 2.24) is 4.98 Å². The first-order valence-electron chi connectivity index (χ1n) is 4.98. The first-order valence-corrected chi connectivity index (χ1v) is 6.74. The summed E-state index contributed by atoms with van der Waals surface area (Å²) < 4.78 is 0. The molecule has 0 aliphatic heterocycles. The Hall–Kier alpha value is -1.20. The molecule has 2 atom stereocenters. The zero-order chi connectivity index (χ0) is 11.1. The molecule has 1 fully saturated rings. The predicted molar refractivity (Wildman–Crippen MR) is 63.9 cm³/mol. The number of aliphatic carboxylic acids is 1. The van der Waals surface area contributed by atoms with E-state index in [4.69, 9.17) is 5.11 Å². The highest BCUT2D eigenvalue weighted by atomic mass is 32.1. The highest BCUT2D eigenvalue weighted by Crippen LogP contribution is 2.48. The SMILES string of the molecule is O=C(O)C1CC1c1csc(-c2cccs2)n1. The van der Waals surface area contributed by atoms with Crippen LogP contribution in [0.4, 0.5) is 0 Å². The Morgan fingerprint density at radius 1 is 1.50 bits per heavy atom. The van der Waals surface area contributed by atoms with Crippen LogP contribution in [-0.2, 0) is 4.79 Å². The van der Waals surface area contributed by atoms with Crippen LogP contribution >= 0.6 is 22.7 Å². The van der Waals surface area contributed by atoms with E-state index in [-0.39, 0.29) is 11.8 Å². The molecule has 1 saturated carbocycles. The Morgan fingerprint density at radius 2 is 2.38 bits per heavy atom. The van der Waals surface area contributed by atoms with Crippen LogP contribution in [0.1, 0.15) is 18.0 Å². The van der Waals surface area contributed by atoms with E-state index in [1.165, 1.54) is 0 Å². The Morgan fingerprint density at radius 3 is 3.00 bits per heavy atom. The van der Waals surface area contributed by atoms with Gasteiger partial charge in [-0.05, 0) is 17.9 Å². The molecule has 1 aliphatic carbocycles. The van der Waals surface area contributed by atoms with Gasteiger partial charge in [0, 0.05) is 11.3 Å². The number of thiazole rings is 1. The van der Waals surface area contributed by atoms with Crippen molar-refractivity contribution < 1.29 is 9.90 Å². The number of hydrogen-bond acceptors (Lipinski definition) is 4. The Kier molecular flexibility index (Phi) is 2.29. The number of carbonyl (C=O) groups is 1. The van der Waals surface area contributed by atoms with Crippen molar-refractivity contribution in [3.63, 3.8) is 0 Å². The van der Waals surface area contributed by atoms with Gasteiger partial charge in [-0.2, -0.15) is 0 Å². The number of thiophene rings is 1. The van der Waals surface area contributed by atoms with Gasteiger partial charge in [0.15, 0.2) is 0 Å². The van der Waals surface area contributed by atoms with Crippen molar-refractivity contribution >= 4 is 28.6 Å². The maximum absolute atomic E-state index is 10.8. The molecule has 2 heterocycles. The second-order valence-corrected chi connectivity index (χ2v) is 5.65. The third-order valence-electron chi connectivity index (χ3n) is 2.74. The van der Waals surface area contributed by atoms with Gasteiger partial charge in [-0.1, -0.05) is 6.07 Å². The number of nitrogens with zero attached hydrogens (tertiary/aromatic N) is 1. The van der Waals surface area contributed by atoms with E-state index in [1.54, 1.807) is 22.7 Å². The fraction of sp³-hybridized carbons (Fsp3) is 0.273. The van der Waals surface area contributed by atoms with E-state index < -0.39 is 5.97 Å². The van der Waals surface area contributed by atoms with E-state index in [2.05, 4.69) is 4.98 Å². The lowest BCUT2D eigenvalue weighted by Gasteiger charge is -1.90. The van der Waals surface area contributed by atoms with Crippen LogP contribution in [-0.4, -0.2) is 16.1 Å². The average Bonchev–Trinajstić information content (AvgIpc) is 2.72. The fourth-order valence-electron chi connectivity index (χ4n) is 1.76. The van der Waals surface area contributed by atoms with Crippen LogP contribution in [0.25, 0.3) is 9.88 Å². The minimum absolute atomic E-state index is 0.141. The van der Waals surface area contributed by atoms with Gasteiger partial charge in [0.1, 0.15) is 5.01 Å². The van der Waals surface area contributed by atoms with Crippen molar-refractivity contribution in [3.05, 3.63) is 28.6 Å². The van der Waals surface area contributed by atoms with Crippen LogP contribution < -0.4 is 0 Å². The van der Waals surface area contributed by atoms with Gasteiger partial charge in [-0.3, -0.25) is 4.79 Å². The van der Waals surface area contributed by atoms with E-state index in [1.807, 2.05) is 22.9 Å². The molecule has 2 aromatic heterocycles. The third-order valence-corrected chi connectivity index (χ3v) is 4.64. The number of aromatic nitrogens is 1. The molecule has 82 valence electrons. The van der Waals surface area contributed by atoms with Crippen molar-refractivity contribution in [2.45, 2.75) is 12.3 Å². The topological polar surface area (TPSA) is 50.2 Å². The zero-order valence-corrected chi connectivity index (χ0v) is 9.92. The molecule has 2 unspecified atom stereocenters. The normalized spacial score (nSPS) is 23.2. The molecular weight excluding hydrogens is 242 g/mol. The molecule has 5 heteroatoms. The first kappa shape index (κ1) is 9.99. The summed E-state index contributed by atoms with van der Waals surface area (Å²) >= 11 is 3.26. The summed E-state index contributed by atoms with van der Waals surface area (Å²) in [7, 11) is 0. The summed E-state index contributed by atoms with van der Waals surface area (Å²) in [4.78, 5) is 16.4. The molecule has 0 saturated heterocycles. The van der Waals surface area contributed by atoms with Crippen LogP contribution in [0.5, 0.6) is 0 Å². The van der Waals surface area contributed by atoms with E-state index in [0.717, 1.165) is 22.0 Å². The largest absolute Gasteiger partial charge is 0.481 e. The van der Waals surface area contributed by atoms with E-state index in [0.29, 0.717) is 0 Å². The Balaban J connectivity index is 1.82. The van der Waals surface area contributed by atoms with Crippen molar-refractivity contribution in [2.75, 3.05) is 0 Å². The Labute approximate surface area is 100 Å². The maximum atomic E-state index is 10.8. The molecular formula is C11H9NO2S2. The van der Waals surface area contributed by atoms with Gasteiger partial charge in [-0.15, -0.1) is 22.7 Å². The quantitative estimate of drug-likeness (QED) is 0.912. The smallest absolute Gasteiger partial charge is 0.307 e. The lowest BCUT2D eigenvalue weighted by Crippen LogP contribution is -1.98. The summed E-state index contributed by atoms with van der Waals surface area (Å²) in [5.41, 5.74) is 0.945. The van der Waals surface area contributed by atoms with Gasteiger partial charge in [0.05, 0.1) is 16.5 Å². The summed E-state index contributed by atoms with van der Waals surface area (Å²) in [6.45, 7) is 0. The van der Waals surface area contributed by atoms with Crippen LogP contribution in [0, 0.1) is 5.92 Å². The van der Waals surface area contributed by atoms with Gasteiger partial charge in [-0.25, -0.2) is 4.98 Å². The zero-order valence-electron chi connectivity index (χ0n) is 8.29. The monoisotopic (exact) mass is 251 g/mol. The molecule has 2 aromatic rings. The van der Waals surface area contributed by atoms with E-state index in [9.17, 15) is 4.79 Å². The average molecular weight is 251 g/mol. The second kappa shape index (κ2) is 3.68. The number of hydrogen-bond donors (Lipinski definition) is 1. The molecule has 1 aliphatic rings. The molecule has 0 radical (unpaired) electrons. The van der Waals surface area contributed by atoms with Crippen molar-refractivity contribution in [2.24, 2.45) is 5.92 Å². The number of carboxylic acids is 1. The lowest BCUT2D eigenvalue weighted by molar-refractivity contribution is -0.138. The van der Waals surface area contributed by atoms with Crippen molar-refractivity contribution in [3.8, 4) is 9.88 Å². The second-order valence-electron chi connectivity index (χ2n) is 3.84. The van der Waals surface area contributed by atoms with Crippen LogP contribution in [0.3, 0.4) is 0 Å². The molecule has 0 spiro atoms. The molecule has 3 nitrogen and oxygen atoms in total. The lowest BCUT2D eigenvalue weighted by atomic mass is 10.2. The summed E-state index contributed by atoms with van der Waals surface area (Å²) in [5.74, 6) is -0.767. The minimum atomic E-state index is -0.698. The van der Waals surface area contributed by atoms with Crippen LogP contribution in [0.15, 0.2) is 22.9 Å². The predicted octanol–water partition coefficient (Wildman–Crippen LogP) is 3.06. The van der Waals surface area contributed by atoms with Gasteiger partial charge >= 0.3 is 5.97 Å². The fourth-order valence-corrected chi connectivity index (χ4v) is 3.46. The third kappa shape index (κ3) is 1.66. The Bertz CT molecular complexity index is 518. The van der Waals surface area contributed by atoms with Crippen molar-refractivity contribution in [1.29, 1.82) is 0 Å². The summed E-state index contributed by atoms with van der Waals surface area (Å²) in [6.07, 6.45) is 0.739. The highest BCUT2D eigenvalue weighted by molar-refractivity contribution is 7.20. The van der Waals surface area contributed by atoms with E-state index >= 15 is 0 Å².